The SMILES string of the molecule is COc1ccc(OC)c(Nc2cc(Nc3ccc(C)c(Cl)c3)ncn2)c1. The van der Waals surface area contributed by atoms with Gasteiger partial charge in [-0.1, -0.05) is 17.7 Å². The van der Waals surface area contributed by atoms with Crippen LogP contribution in [0.2, 0.25) is 5.02 Å². The minimum atomic E-state index is 0.618. The van der Waals surface area contributed by atoms with Crippen LogP contribution in [0.15, 0.2) is 48.8 Å². The van der Waals surface area contributed by atoms with Gasteiger partial charge >= 0.3 is 0 Å². The number of hydrogen-bond acceptors (Lipinski definition) is 6. The van der Waals surface area contributed by atoms with Gasteiger partial charge in [0.25, 0.3) is 0 Å². The van der Waals surface area contributed by atoms with Crippen molar-refractivity contribution in [1.29, 1.82) is 0 Å². The van der Waals surface area contributed by atoms with Crippen molar-refractivity contribution >= 4 is 34.6 Å². The molecule has 0 unspecified atom stereocenters. The van der Waals surface area contributed by atoms with E-state index in [0.29, 0.717) is 22.4 Å². The maximum Gasteiger partial charge on any atom is 0.142 e. The van der Waals surface area contributed by atoms with Crippen LogP contribution in [0.1, 0.15) is 5.56 Å². The first-order valence-electron chi connectivity index (χ1n) is 7.93. The van der Waals surface area contributed by atoms with E-state index in [4.69, 9.17) is 21.1 Å². The number of anilines is 4. The van der Waals surface area contributed by atoms with Crippen molar-refractivity contribution in [2.75, 3.05) is 24.9 Å². The molecule has 3 aromatic rings. The molecule has 2 N–H and O–H groups in total. The van der Waals surface area contributed by atoms with E-state index in [1.165, 1.54) is 6.33 Å². The van der Waals surface area contributed by atoms with Crippen LogP contribution >= 0.6 is 11.6 Å². The van der Waals surface area contributed by atoms with Crippen LogP contribution in [0.4, 0.5) is 23.0 Å². The highest BCUT2D eigenvalue weighted by molar-refractivity contribution is 6.31. The lowest BCUT2D eigenvalue weighted by Gasteiger charge is -2.13. The molecule has 2 aromatic carbocycles. The summed E-state index contributed by atoms with van der Waals surface area (Å²) in [6, 6.07) is 13.1. The summed E-state index contributed by atoms with van der Waals surface area (Å²) in [7, 11) is 3.23. The van der Waals surface area contributed by atoms with Crippen molar-refractivity contribution in [3.8, 4) is 11.5 Å². The number of benzene rings is 2. The fourth-order valence-electron chi connectivity index (χ4n) is 2.36. The summed E-state index contributed by atoms with van der Waals surface area (Å²) in [5.41, 5.74) is 2.62. The molecule has 1 aromatic heterocycles. The van der Waals surface area contributed by atoms with E-state index in [1.54, 1.807) is 20.3 Å². The van der Waals surface area contributed by atoms with Gasteiger partial charge in [-0.2, -0.15) is 0 Å². The van der Waals surface area contributed by atoms with Crippen LogP contribution in [0.25, 0.3) is 0 Å². The standard InChI is InChI=1S/C19H19ClN4O2/c1-12-4-5-13(8-15(12)20)23-18-10-19(22-11-21-18)24-16-9-14(25-2)6-7-17(16)26-3/h4-11H,1-3H3,(H2,21,22,23,24). The maximum absolute atomic E-state index is 6.17. The van der Waals surface area contributed by atoms with E-state index in [1.807, 2.05) is 43.3 Å². The molecule has 134 valence electrons. The van der Waals surface area contributed by atoms with E-state index in [0.717, 1.165) is 22.7 Å². The molecule has 0 bridgehead atoms. The van der Waals surface area contributed by atoms with Gasteiger partial charge in [-0.05, 0) is 36.8 Å². The van der Waals surface area contributed by atoms with Crippen LogP contribution in [-0.2, 0) is 0 Å². The average molecular weight is 371 g/mol. The molecular formula is C19H19ClN4O2. The topological polar surface area (TPSA) is 68.3 Å². The van der Waals surface area contributed by atoms with Crippen molar-refractivity contribution in [3.63, 3.8) is 0 Å². The smallest absolute Gasteiger partial charge is 0.142 e. The maximum atomic E-state index is 6.17. The Balaban J connectivity index is 1.82. The van der Waals surface area contributed by atoms with E-state index >= 15 is 0 Å². The number of methoxy groups -OCH3 is 2. The quantitative estimate of drug-likeness (QED) is 0.640. The summed E-state index contributed by atoms with van der Waals surface area (Å²) in [6.45, 7) is 1.96. The summed E-state index contributed by atoms with van der Waals surface area (Å²) >= 11 is 6.17. The van der Waals surface area contributed by atoms with Gasteiger partial charge in [-0.25, -0.2) is 9.97 Å². The molecule has 0 radical (unpaired) electrons. The number of rotatable bonds is 6. The molecule has 0 atom stereocenters. The summed E-state index contributed by atoms with van der Waals surface area (Å²) in [5.74, 6) is 2.66. The Hall–Kier alpha value is -2.99. The number of nitrogens with zero attached hydrogens (tertiary/aromatic N) is 2. The third-order valence-corrected chi connectivity index (χ3v) is 4.19. The first kappa shape index (κ1) is 17.8. The Bertz CT molecular complexity index is 918. The second-order valence-corrected chi connectivity index (χ2v) is 5.98. The lowest BCUT2D eigenvalue weighted by molar-refractivity contribution is 0.405. The first-order valence-corrected chi connectivity index (χ1v) is 8.31. The van der Waals surface area contributed by atoms with Crippen molar-refractivity contribution < 1.29 is 9.47 Å². The van der Waals surface area contributed by atoms with Gasteiger partial charge in [-0.15, -0.1) is 0 Å². The summed E-state index contributed by atoms with van der Waals surface area (Å²) in [4.78, 5) is 8.50. The normalized spacial score (nSPS) is 10.3. The number of aryl methyl sites for hydroxylation is 1. The second-order valence-electron chi connectivity index (χ2n) is 5.57. The fraction of sp³-hybridized carbons (Fsp3) is 0.158. The van der Waals surface area contributed by atoms with Gasteiger partial charge in [0.1, 0.15) is 29.5 Å². The molecule has 6 nitrogen and oxygen atoms in total. The molecule has 0 fully saturated rings. The highest BCUT2D eigenvalue weighted by atomic mass is 35.5. The summed E-state index contributed by atoms with van der Waals surface area (Å²) < 4.78 is 10.6. The molecular weight excluding hydrogens is 352 g/mol. The molecule has 0 aliphatic heterocycles. The molecule has 0 aliphatic rings. The third-order valence-electron chi connectivity index (χ3n) is 3.78. The highest BCUT2D eigenvalue weighted by Gasteiger charge is 2.07. The molecule has 0 aliphatic carbocycles. The second kappa shape index (κ2) is 7.93. The predicted octanol–water partition coefficient (Wildman–Crippen LogP) is 4.94. The molecule has 26 heavy (non-hydrogen) atoms. The molecule has 0 saturated carbocycles. The molecule has 1 heterocycles. The lowest BCUT2D eigenvalue weighted by atomic mass is 10.2. The van der Waals surface area contributed by atoms with Crippen molar-refractivity contribution in [1.82, 2.24) is 9.97 Å². The van der Waals surface area contributed by atoms with Crippen LogP contribution in [0, 0.1) is 6.92 Å². The van der Waals surface area contributed by atoms with Gasteiger partial charge in [0.15, 0.2) is 0 Å². The Morgan fingerprint density at radius 3 is 2.35 bits per heavy atom. The highest BCUT2D eigenvalue weighted by Crippen LogP contribution is 2.31. The molecule has 3 rings (SSSR count). The molecule has 7 heteroatoms. The molecule has 0 spiro atoms. The van der Waals surface area contributed by atoms with E-state index in [2.05, 4.69) is 20.6 Å². The van der Waals surface area contributed by atoms with Gasteiger partial charge in [-0.3, -0.25) is 0 Å². The summed E-state index contributed by atoms with van der Waals surface area (Å²) in [6.07, 6.45) is 1.48. The number of ether oxygens (including phenoxy) is 2. The zero-order chi connectivity index (χ0) is 18.5. The van der Waals surface area contributed by atoms with E-state index < -0.39 is 0 Å². The van der Waals surface area contributed by atoms with E-state index in [9.17, 15) is 0 Å². The van der Waals surface area contributed by atoms with Crippen molar-refractivity contribution in [3.05, 3.63) is 59.4 Å². The molecule has 0 saturated heterocycles. The van der Waals surface area contributed by atoms with Gasteiger partial charge in [0.2, 0.25) is 0 Å². The fourth-order valence-corrected chi connectivity index (χ4v) is 2.54. The first-order chi connectivity index (χ1) is 12.6. The van der Waals surface area contributed by atoms with E-state index in [-0.39, 0.29) is 0 Å². The molecule has 0 amide bonds. The summed E-state index contributed by atoms with van der Waals surface area (Å²) in [5, 5.41) is 7.14. The number of hydrogen-bond donors (Lipinski definition) is 2. The zero-order valence-corrected chi connectivity index (χ0v) is 15.5. The Kier molecular flexibility index (Phi) is 5.43. The average Bonchev–Trinajstić information content (AvgIpc) is 2.65. The number of aromatic nitrogens is 2. The monoisotopic (exact) mass is 370 g/mol. The van der Waals surface area contributed by atoms with Crippen LogP contribution in [-0.4, -0.2) is 24.2 Å². The van der Waals surface area contributed by atoms with Crippen LogP contribution in [0.3, 0.4) is 0 Å². The minimum absolute atomic E-state index is 0.618. The van der Waals surface area contributed by atoms with Gasteiger partial charge in [0, 0.05) is 22.8 Å². The van der Waals surface area contributed by atoms with Crippen LogP contribution in [0.5, 0.6) is 11.5 Å². The Morgan fingerprint density at radius 1 is 0.885 bits per heavy atom. The van der Waals surface area contributed by atoms with Crippen molar-refractivity contribution in [2.45, 2.75) is 6.92 Å². The number of nitrogens with one attached hydrogen (secondary N) is 2. The van der Waals surface area contributed by atoms with Gasteiger partial charge < -0.3 is 20.1 Å². The Labute approximate surface area is 157 Å². The number of halogens is 1. The minimum Gasteiger partial charge on any atom is -0.497 e. The lowest BCUT2D eigenvalue weighted by Crippen LogP contribution is -2.00. The third kappa shape index (κ3) is 4.15. The van der Waals surface area contributed by atoms with Crippen molar-refractivity contribution in [2.24, 2.45) is 0 Å². The Morgan fingerprint density at radius 2 is 1.65 bits per heavy atom. The largest absolute Gasteiger partial charge is 0.497 e. The predicted molar refractivity (Wildman–Crippen MR) is 104 cm³/mol. The van der Waals surface area contributed by atoms with Gasteiger partial charge in [0.05, 0.1) is 19.9 Å². The van der Waals surface area contributed by atoms with Crippen LogP contribution < -0.4 is 20.1 Å². The zero-order valence-electron chi connectivity index (χ0n) is 14.7.